The lowest BCUT2D eigenvalue weighted by Crippen LogP contribution is -2.64. The molecule has 1 amide bonds. The summed E-state index contributed by atoms with van der Waals surface area (Å²) in [6.45, 7) is 6.94. The molecule has 25 heavy (non-hydrogen) atoms. The summed E-state index contributed by atoms with van der Waals surface area (Å²) >= 11 is 0. The van der Waals surface area contributed by atoms with E-state index in [2.05, 4.69) is 41.4 Å². The van der Waals surface area contributed by atoms with Crippen LogP contribution in [0.15, 0.2) is 24.3 Å². The lowest BCUT2D eigenvalue weighted by molar-refractivity contribution is -0.137. The Bertz CT molecular complexity index is 620. The smallest absolute Gasteiger partial charge is 0.220 e. The zero-order chi connectivity index (χ0) is 17.3. The van der Waals surface area contributed by atoms with Gasteiger partial charge in [-0.2, -0.15) is 0 Å². The minimum absolute atomic E-state index is 0.0455. The summed E-state index contributed by atoms with van der Waals surface area (Å²) in [5.41, 5.74) is 2.83. The van der Waals surface area contributed by atoms with Crippen molar-refractivity contribution in [1.29, 1.82) is 0 Å². The number of rotatable bonds is 7. The first-order chi connectivity index (χ1) is 12.1. The number of carbonyl (C=O) groups is 1. The van der Waals surface area contributed by atoms with Crippen LogP contribution in [-0.4, -0.2) is 42.6 Å². The number of hydrogen-bond donors (Lipinski definition) is 1. The Hall–Kier alpha value is -1.39. The van der Waals surface area contributed by atoms with Crippen molar-refractivity contribution in [3.63, 3.8) is 0 Å². The normalized spacial score (nSPS) is 25.1. The molecule has 4 heteroatoms. The van der Waals surface area contributed by atoms with E-state index in [1.54, 1.807) is 0 Å². The molecule has 1 aromatic rings. The summed E-state index contributed by atoms with van der Waals surface area (Å²) in [5.74, 6) is 1.50. The molecular formula is C21H30N2O2. The van der Waals surface area contributed by atoms with Crippen molar-refractivity contribution in [2.24, 2.45) is 11.8 Å². The zero-order valence-corrected chi connectivity index (χ0v) is 15.3. The largest absolute Gasteiger partial charge is 0.372 e. The minimum atomic E-state index is 0.0455. The van der Waals surface area contributed by atoms with E-state index in [0.29, 0.717) is 11.8 Å². The van der Waals surface area contributed by atoms with E-state index >= 15 is 0 Å². The Labute approximate surface area is 150 Å². The molecule has 0 radical (unpaired) electrons. The van der Waals surface area contributed by atoms with Gasteiger partial charge in [-0.3, -0.25) is 9.69 Å². The SMILES string of the molecule is Cc1ccccc1CN1CC2(C1)OCC[C@@H]2CCNC(=O)CC1CC1. The number of nitrogens with one attached hydrogen (secondary N) is 1. The summed E-state index contributed by atoms with van der Waals surface area (Å²) in [7, 11) is 0. The molecule has 0 unspecified atom stereocenters. The minimum Gasteiger partial charge on any atom is -0.372 e. The van der Waals surface area contributed by atoms with Gasteiger partial charge in [0.2, 0.25) is 5.91 Å². The van der Waals surface area contributed by atoms with Crippen LogP contribution in [0.4, 0.5) is 0 Å². The van der Waals surface area contributed by atoms with Gasteiger partial charge in [-0.1, -0.05) is 24.3 Å². The molecule has 1 aromatic carbocycles. The van der Waals surface area contributed by atoms with Crippen LogP contribution in [-0.2, 0) is 16.1 Å². The lowest BCUT2D eigenvalue weighted by Gasteiger charge is -2.50. The van der Waals surface area contributed by atoms with Crippen LogP contribution in [0.2, 0.25) is 0 Å². The highest BCUT2D eigenvalue weighted by atomic mass is 16.5. The molecule has 2 aliphatic heterocycles. The van der Waals surface area contributed by atoms with Gasteiger partial charge < -0.3 is 10.1 Å². The van der Waals surface area contributed by atoms with Crippen molar-refractivity contribution in [1.82, 2.24) is 10.2 Å². The molecule has 0 aromatic heterocycles. The summed E-state index contributed by atoms with van der Waals surface area (Å²) < 4.78 is 6.16. The van der Waals surface area contributed by atoms with Crippen molar-refractivity contribution in [3.05, 3.63) is 35.4 Å². The topological polar surface area (TPSA) is 41.6 Å². The summed E-state index contributed by atoms with van der Waals surface area (Å²) in [4.78, 5) is 14.3. The number of amides is 1. The number of likely N-dealkylation sites (tertiary alicyclic amines) is 1. The number of hydrogen-bond acceptors (Lipinski definition) is 3. The number of nitrogens with zero attached hydrogens (tertiary/aromatic N) is 1. The van der Waals surface area contributed by atoms with Crippen molar-refractivity contribution >= 4 is 5.91 Å². The molecule has 1 N–H and O–H groups in total. The Morgan fingerprint density at radius 3 is 2.84 bits per heavy atom. The molecule has 1 spiro atoms. The molecule has 4 nitrogen and oxygen atoms in total. The van der Waals surface area contributed by atoms with Gasteiger partial charge in [0.05, 0.1) is 5.60 Å². The van der Waals surface area contributed by atoms with Gasteiger partial charge in [-0.15, -0.1) is 0 Å². The second-order valence-corrected chi connectivity index (χ2v) is 8.26. The fraction of sp³-hybridized carbons (Fsp3) is 0.667. The molecule has 2 saturated heterocycles. The third kappa shape index (κ3) is 3.90. The third-order valence-corrected chi connectivity index (χ3v) is 6.22. The van der Waals surface area contributed by atoms with Gasteiger partial charge in [0.25, 0.3) is 0 Å². The van der Waals surface area contributed by atoms with E-state index < -0.39 is 0 Å². The van der Waals surface area contributed by atoms with Crippen LogP contribution in [0, 0.1) is 18.8 Å². The molecule has 1 atom stereocenters. The molecule has 1 aliphatic carbocycles. The highest BCUT2D eigenvalue weighted by Gasteiger charge is 2.52. The predicted octanol–water partition coefficient (Wildman–Crippen LogP) is 2.89. The van der Waals surface area contributed by atoms with Crippen LogP contribution in [0.25, 0.3) is 0 Å². The molecule has 136 valence electrons. The highest BCUT2D eigenvalue weighted by Crippen LogP contribution is 2.42. The first-order valence-corrected chi connectivity index (χ1v) is 9.82. The maximum absolute atomic E-state index is 11.8. The van der Waals surface area contributed by atoms with Gasteiger partial charge in [0, 0.05) is 39.2 Å². The van der Waals surface area contributed by atoms with Gasteiger partial charge in [0.1, 0.15) is 0 Å². The average molecular weight is 342 g/mol. The Morgan fingerprint density at radius 1 is 1.28 bits per heavy atom. The number of aryl methyl sites for hydroxylation is 1. The second kappa shape index (κ2) is 7.08. The van der Waals surface area contributed by atoms with Crippen LogP contribution in [0.1, 0.15) is 43.2 Å². The second-order valence-electron chi connectivity index (χ2n) is 8.26. The molecule has 3 fully saturated rings. The summed E-state index contributed by atoms with van der Waals surface area (Å²) in [6.07, 6.45) is 5.40. The van der Waals surface area contributed by atoms with Crippen LogP contribution < -0.4 is 5.32 Å². The molecular weight excluding hydrogens is 312 g/mol. The molecule has 3 aliphatic rings. The maximum Gasteiger partial charge on any atom is 0.220 e. The Kier molecular flexibility index (Phi) is 4.83. The van der Waals surface area contributed by atoms with Crippen molar-refractivity contribution in [2.75, 3.05) is 26.2 Å². The first-order valence-electron chi connectivity index (χ1n) is 9.82. The van der Waals surface area contributed by atoms with Gasteiger partial charge in [-0.05, 0) is 55.6 Å². The summed E-state index contributed by atoms with van der Waals surface area (Å²) in [6, 6.07) is 8.63. The van der Waals surface area contributed by atoms with E-state index in [9.17, 15) is 4.79 Å². The monoisotopic (exact) mass is 342 g/mol. The average Bonchev–Trinajstić information content (AvgIpc) is 3.27. The van der Waals surface area contributed by atoms with Crippen molar-refractivity contribution in [2.45, 2.75) is 51.2 Å². The van der Waals surface area contributed by atoms with Gasteiger partial charge in [-0.25, -0.2) is 0 Å². The standard InChI is InChI=1S/C21H30N2O2/c1-16-4-2-3-5-18(16)13-23-14-21(15-23)19(9-11-25-21)8-10-22-20(24)12-17-6-7-17/h2-5,17,19H,6-15H2,1H3,(H,22,24)/t19-/m0/s1. The fourth-order valence-corrected chi connectivity index (χ4v) is 4.44. The number of ether oxygens (including phenoxy) is 1. The van der Waals surface area contributed by atoms with Crippen LogP contribution in [0.5, 0.6) is 0 Å². The van der Waals surface area contributed by atoms with Crippen LogP contribution in [0.3, 0.4) is 0 Å². The fourth-order valence-electron chi connectivity index (χ4n) is 4.44. The first kappa shape index (κ1) is 17.0. The van der Waals surface area contributed by atoms with Crippen LogP contribution >= 0.6 is 0 Å². The Morgan fingerprint density at radius 2 is 2.08 bits per heavy atom. The van der Waals surface area contributed by atoms with E-state index in [1.807, 2.05) is 0 Å². The molecule has 2 heterocycles. The molecule has 4 rings (SSSR count). The lowest BCUT2D eigenvalue weighted by atomic mass is 9.78. The van der Waals surface area contributed by atoms with E-state index in [0.717, 1.165) is 52.0 Å². The van der Waals surface area contributed by atoms with Crippen molar-refractivity contribution < 1.29 is 9.53 Å². The maximum atomic E-state index is 11.8. The quantitative estimate of drug-likeness (QED) is 0.828. The van der Waals surface area contributed by atoms with Crippen molar-refractivity contribution in [3.8, 4) is 0 Å². The van der Waals surface area contributed by atoms with E-state index in [1.165, 1.54) is 24.0 Å². The number of carbonyl (C=O) groups excluding carboxylic acids is 1. The zero-order valence-electron chi connectivity index (χ0n) is 15.3. The van der Waals surface area contributed by atoms with E-state index in [4.69, 9.17) is 4.74 Å². The third-order valence-electron chi connectivity index (χ3n) is 6.22. The van der Waals surface area contributed by atoms with Gasteiger partial charge in [0.15, 0.2) is 0 Å². The molecule has 0 bridgehead atoms. The summed E-state index contributed by atoms with van der Waals surface area (Å²) in [5, 5.41) is 3.12. The number of benzene rings is 1. The molecule has 1 saturated carbocycles. The Balaban J connectivity index is 1.23. The predicted molar refractivity (Wildman–Crippen MR) is 98.2 cm³/mol. The van der Waals surface area contributed by atoms with Gasteiger partial charge >= 0.3 is 0 Å². The van der Waals surface area contributed by atoms with E-state index in [-0.39, 0.29) is 11.5 Å². The highest BCUT2D eigenvalue weighted by molar-refractivity contribution is 5.76.